The van der Waals surface area contributed by atoms with Gasteiger partial charge in [0.15, 0.2) is 0 Å². The first-order chi connectivity index (χ1) is 7.25. The molecule has 0 bridgehead atoms. The van der Waals surface area contributed by atoms with Crippen molar-refractivity contribution < 1.29 is 0 Å². The Kier molecular flexibility index (Phi) is 4.03. The average Bonchev–Trinajstić information content (AvgIpc) is 2.24. The lowest BCUT2D eigenvalue weighted by Gasteiger charge is -2.23. The quantitative estimate of drug-likeness (QED) is 0.870. The van der Waals surface area contributed by atoms with Crippen LogP contribution in [0.1, 0.15) is 32.1 Å². The molecule has 0 aromatic carbocycles. The molecule has 2 nitrogen and oxygen atoms in total. The van der Waals surface area contributed by atoms with Crippen molar-refractivity contribution in [2.75, 3.05) is 5.32 Å². The topological polar surface area (TPSA) is 24.9 Å². The molecule has 0 saturated heterocycles. The molecule has 4 heteroatoms. The van der Waals surface area contributed by atoms with Gasteiger partial charge in [-0.05, 0) is 50.8 Å². The fraction of sp³-hybridized carbons (Fsp3) is 0.545. The third kappa shape index (κ3) is 3.18. The van der Waals surface area contributed by atoms with Gasteiger partial charge < -0.3 is 5.32 Å². The van der Waals surface area contributed by atoms with Crippen LogP contribution in [0.25, 0.3) is 0 Å². The second kappa shape index (κ2) is 5.30. The summed E-state index contributed by atoms with van der Waals surface area (Å²) < 4.78 is 2.03. The van der Waals surface area contributed by atoms with Crippen LogP contribution in [0.3, 0.4) is 0 Å². The minimum Gasteiger partial charge on any atom is -0.366 e. The molecule has 1 N–H and O–H groups in total. The van der Waals surface area contributed by atoms with Crippen molar-refractivity contribution in [1.29, 1.82) is 0 Å². The van der Waals surface area contributed by atoms with Gasteiger partial charge in [-0.15, -0.1) is 0 Å². The molecule has 1 saturated carbocycles. The number of nitrogens with zero attached hydrogens (tertiary/aromatic N) is 1. The molecular formula is C11H14Br2N2. The fourth-order valence-corrected chi connectivity index (χ4v) is 3.06. The molecule has 0 atom stereocenters. The van der Waals surface area contributed by atoms with E-state index in [1.807, 2.05) is 12.3 Å². The summed E-state index contributed by atoms with van der Waals surface area (Å²) in [6.07, 6.45) is 8.43. The van der Waals surface area contributed by atoms with Crippen LogP contribution in [0.15, 0.2) is 21.2 Å². The van der Waals surface area contributed by atoms with Gasteiger partial charge in [0.25, 0.3) is 0 Å². The van der Waals surface area contributed by atoms with E-state index in [4.69, 9.17) is 0 Å². The van der Waals surface area contributed by atoms with Gasteiger partial charge in [-0.2, -0.15) is 0 Å². The number of hydrogen-bond donors (Lipinski definition) is 1. The third-order valence-corrected chi connectivity index (χ3v) is 3.79. The molecule has 0 aliphatic heterocycles. The Morgan fingerprint density at radius 2 is 1.93 bits per heavy atom. The second-order valence-electron chi connectivity index (χ2n) is 3.96. The number of aromatic nitrogens is 1. The van der Waals surface area contributed by atoms with E-state index in [0.29, 0.717) is 6.04 Å². The molecule has 1 fully saturated rings. The van der Waals surface area contributed by atoms with Crippen molar-refractivity contribution in [3.05, 3.63) is 21.2 Å². The number of hydrogen-bond acceptors (Lipinski definition) is 2. The van der Waals surface area contributed by atoms with Gasteiger partial charge in [-0.25, -0.2) is 4.98 Å². The van der Waals surface area contributed by atoms with Crippen molar-refractivity contribution in [1.82, 2.24) is 4.98 Å². The maximum absolute atomic E-state index is 4.37. The number of rotatable bonds is 2. The van der Waals surface area contributed by atoms with Crippen LogP contribution in [-0.2, 0) is 0 Å². The standard InChI is InChI=1S/C11H14Br2N2/c12-8-6-10(13)11(14-7-8)15-9-4-2-1-3-5-9/h6-7,9H,1-5H2,(H,14,15). The van der Waals surface area contributed by atoms with Crippen molar-refractivity contribution in [2.24, 2.45) is 0 Å². The van der Waals surface area contributed by atoms with E-state index in [0.717, 1.165) is 14.8 Å². The molecule has 1 aliphatic rings. The molecular weight excluding hydrogens is 320 g/mol. The highest BCUT2D eigenvalue weighted by molar-refractivity contribution is 9.11. The number of nitrogens with one attached hydrogen (secondary N) is 1. The van der Waals surface area contributed by atoms with Gasteiger partial charge in [0, 0.05) is 16.7 Å². The van der Waals surface area contributed by atoms with Crippen LogP contribution >= 0.6 is 31.9 Å². The Hall–Kier alpha value is -0.0900. The van der Waals surface area contributed by atoms with E-state index < -0.39 is 0 Å². The van der Waals surface area contributed by atoms with E-state index in [1.54, 1.807) is 0 Å². The van der Waals surface area contributed by atoms with Gasteiger partial charge in [-0.3, -0.25) is 0 Å². The largest absolute Gasteiger partial charge is 0.366 e. The minimum absolute atomic E-state index is 0.601. The predicted molar refractivity (Wildman–Crippen MR) is 70.1 cm³/mol. The summed E-state index contributed by atoms with van der Waals surface area (Å²) in [6.45, 7) is 0. The monoisotopic (exact) mass is 332 g/mol. The third-order valence-electron chi connectivity index (χ3n) is 2.75. The van der Waals surface area contributed by atoms with Gasteiger partial charge in [0.2, 0.25) is 0 Å². The first-order valence-electron chi connectivity index (χ1n) is 5.33. The molecule has 15 heavy (non-hydrogen) atoms. The van der Waals surface area contributed by atoms with Crippen LogP contribution in [-0.4, -0.2) is 11.0 Å². The molecule has 0 radical (unpaired) electrons. The van der Waals surface area contributed by atoms with Crippen molar-refractivity contribution in [3.63, 3.8) is 0 Å². The Bertz CT molecular complexity index is 335. The Morgan fingerprint density at radius 1 is 1.20 bits per heavy atom. The molecule has 0 amide bonds. The zero-order chi connectivity index (χ0) is 10.7. The van der Waals surface area contributed by atoms with Crippen LogP contribution < -0.4 is 5.32 Å². The molecule has 0 spiro atoms. The van der Waals surface area contributed by atoms with Crippen LogP contribution in [0.4, 0.5) is 5.82 Å². The maximum Gasteiger partial charge on any atom is 0.140 e. The molecule has 1 aromatic heterocycles. The molecule has 0 unspecified atom stereocenters. The van der Waals surface area contributed by atoms with E-state index in [2.05, 4.69) is 42.2 Å². The smallest absolute Gasteiger partial charge is 0.140 e. The average molecular weight is 334 g/mol. The Labute approximate surface area is 107 Å². The van der Waals surface area contributed by atoms with Crippen LogP contribution in [0, 0.1) is 0 Å². The highest BCUT2D eigenvalue weighted by Crippen LogP contribution is 2.27. The maximum atomic E-state index is 4.37. The fourth-order valence-electron chi connectivity index (χ4n) is 1.96. The minimum atomic E-state index is 0.601. The van der Waals surface area contributed by atoms with Gasteiger partial charge in [0.1, 0.15) is 5.82 Å². The van der Waals surface area contributed by atoms with E-state index in [1.165, 1.54) is 32.1 Å². The lowest BCUT2D eigenvalue weighted by Crippen LogP contribution is -2.22. The Balaban J connectivity index is 2.03. The molecule has 1 aliphatic carbocycles. The van der Waals surface area contributed by atoms with Crippen molar-refractivity contribution in [2.45, 2.75) is 38.1 Å². The molecule has 82 valence electrons. The highest BCUT2D eigenvalue weighted by Gasteiger charge is 2.14. The van der Waals surface area contributed by atoms with E-state index in [9.17, 15) is 0 Å². The SMILES string of the molecule is Brc1cnc(NC2CCCCC2)c(Br)c1. The summed E-state index contributed by atoms with van der Waals surface area (Å²) >= 11 is 6.92. The second-order valence-corrected chi connectivity index (χ2v) is 5.73. The lowest BCUT2D eigenvalue weighted by atomic mass is 9.95. The van der Waals surface area contributed by atoms with Crippen LogP contribution in [0.5, 0.6) is 0 Å². The van der Waals surface area contributed by atoms with Gasteiger partial charge in [0.05, 0.1) is 4.47 Å². The van der Waals surface area contributed by atoms with Crippen LogP contribution in [0.2, 0.25) is 0 Å². The molecule has 1 aromatic rings. The number of halogens is 2. The predicted octanol–water partition coefficient (Wildman–Crippen LogP) is 4.35. The van der Waals surface area contributed by atoms with Gasteiger partial charge in [-0.1, -0.05) is 19.3 Å². The summed E-state index contributed by atoms with van der Waals surface area (Å²) in [4.78, 5) is 4.37. The summed E-state index contributed by atoms with van der Waals surface area (Å²) in [6, 6.07) is 2.63. The zero-order valence-corrected chi connectivity index (χ0v) is 11.6. The van der Waals surface area contributed by atoms with Crippen molar-refractivity contribution >= 4 is 37.7 Å². The normalized spacial score (nSPS) is 17.7. The van der Waals surface area contributed by atoms with E-state index in [-0.39, 0.29) is 0 Å². The van der Waals surface area contributed by atoms with Gasteiger partial charge >= 0.3 is 0 Å². The zero-order valence-electron chi connectivity index (χ0n) is 8.47. The highest BCUT2D eigenvalue weighted by atomic mass is 79.9. The number of pyridine rings is 1. The number of anilines is 1. The first kappa shape index (κ1) is 11.4. The molecule has 1 heterocycles. The lowest BCUT2D eigenvalue weighted by molar-refractivity contribution is 0.461. The van der Waals surface area contributed by atoms with E-state index >= 15 is 0 Å². The summed E-state index contributed by atoms with van der Waals surface area (Å²) in [5.41, 5.74) is 0. The summed E-state index contributed by atoms with van der Waals surface area (Å²) in [5, 5.41) is 3.50. The summed E-state index contributed by atoms with van der Waals surface area (Å²) in [7, 11) is 0. The van der Waals surface area contributed by atoms with Crippen molar-refractivity contribution in [3.8, 4) is 0 Å². The molecule has 2 rings (SSSR count). The summed E-state index contributed by atoms with van der Waals surface area (Å²) in [5.74, 6) is 0.963. The first-order valence-corrected chi connectivity index (χ1v) is 6.92. The Morgan fingerprint density at radius 3 is 2.60 bits per heavy atom.